The molecule has 0 aliphatic heterocycles. The summed E-state index contributed by atoms with van der Waals surface area (Å²) in [5.74, 6) is -0.992. The van der Waals surface area contributed by atoms with Gasteiger partial charge in [0.2, 0.25) is 0 Å². The standard InChI is InChI=1S/C12H14O5/c1-2-16-12(15)9-5-3-4-6-10(9)17-11(14)7-8-13/h3-6,13H,2,7-8H2,1H3. The Hall–Kier alpha value is -1.88. The second-order valence-corrected chi connectivity index (χ2v) is 3.16. The number of benzene rings is 1. The van der Waals surface area contributed by atoms with Crippen molar-refractivity contribution in [2.24, 2.45) is 0 Å². The van der Waals surface area contributed by atoms with Gasteiger partial charge in [-0.2, -0.15) is 0 Å². The van der Waals surface area contributed by atoms with Crippen LogP contribution in [0.4, 0.5) is 0 Å². The Morgan fingerprint density at radius 1 is 1.29 bits per heavy atom. The van der Waals surface area contributed by atoms with Crippen LogP contribution in [0.25, 0.3) is 0 Å². The number of ether oxygens (including phenoxy) is 2. The summed E-state index contributed by atoms with van der Waals surface area (Å²) in [5, 5.41) is 8.58. The monoisotopic (exact) mass is 238 g/mol. The van der Waals surface area contributed by atoms with Crippen LogP contribution in [-0.4, -0.2) is 30.3 Å². The molecule has 1 rings (SSSR count). The van der Waals surface area contributed by atoms with E-state index in [2.05, 4.69) is 0 Å². The number of carbonyl (C=O) groups excluding carboxylic acids is 2. The minimum absolute atomic E-state index is 0.114. The summed E-state index contributed by atoms with van der Waals surface area (Å²) < 4.78 is 9.78. The quantitative estimate of drug-likeness (QED) is 0.615. The number of carbonyl (C=O) groups is 2. The van der Waals surface area contributed by atoms with Crippen LogP contribution < -0.4 is 4.74 Å². The molecule has 1 aromatic carbocycles. The lowest BCUT2D eigenvalue weighted by Gasteiger charge is -2.08. The number of hydrogen-bond donors (Lipinski definition) is 1. The van der Waals surface area contributed by atoms with E-state index in [9.17, 15) is 9.59 Å². The van der Waals surface area contributed by atoms with E-state index in [0.717, 1.165) is 0 Å². The molecule has 1 N–H and O–H groups in total. The van der Waals surface area contributed by atoms with Crippen LogP contribution in [0.3, 0.4) is 0 Å². The summed E-state index contributed by atoms with van der Waals surface area (Å²) in [6.07, 6.45) is -0.114. The molecule has 0 saturated carbocycles. The van der Waals surface area contributed by atoms with Crippen LogP contribution in [0, 0.1) is 0 Å². The first-order valence-corrected chi connectivity index (χ1v) is 5.26. The molecular formula is C12H14O5. The molecule has 0 radical (unpaired) electrons. The highest BCUT2D eigenvalue weighted by molar-refractivity contribution is 5.93. The van der Waals surface area contributed by atoms with Crippen molar-refractivity contribution >= 4 is 11.9 Å². The fourth-order valence-corrected chi connectivity index (χ4v) is 1.20. The smallest absolute Gasteiger partial charge is 0.341 e. The van der Waals surface area contributed by atoms with Crippen LogP contribution in [0.1, 0.15) is 23.7 Å². The Kier molecular flexibility index (Phi) is 5.16. The maximum Gasteiger partial charge on any atom is 0.341 e. The molecule has 0 aliphatic carbocycles. The molecule has 5 heteroatoms. The van der Waals surface area contributed by atoms with E-state index in [4.69, 9.17) is 14.6 Å². The van der Waals surface area contributed by atoms with Crippen molar-refractivity contribution in [1.29, 1.82) is 0 Å². The zero-order valence-electron chi connectivity index (χ0n) is 9.51. The minimum atomic E-state index is -0.593. The summed E-state index contributed by atoms with van der Waals surface area (Å²) in [6.45, 7) is 1.65. The van der Waals surface area contributed by atoms with Crippen LogP contribution in [0.5, 0.6) is 5.75 Å². The molecule has 0 atom stereocenters. The van der Waals surface area contributed by atoms with E-state index in [-0.39, 0.29) is 30.9 Å². The van der Waals surface area contributed by atoms with Gasteiger partial charge in [-0.25, -0.2) is 4.79 Å². The zero-order valence-corrected chi connectivity index (χ0v) is 9.51. The van der Waals surface area contributed by atoms with E-state index in [1.54, 1.807) is 19.1 Å². The number of hydrogen-bond acceptors (Lipinski definition) is 5. The van der Waals surface area contributed by atoms with Crippen molar-refractivity contribution in [3.8, 4) is 5.75 Å². The lowest BCUT2D eigenvalue weighted by atomic mass is 10.2. The molecule has 0 unspecified atom stereocenters. The van der Waals surface area contributed by atoms with Gasteiger partial charge in [-0.3, -0.25) is 4.79 Å². The Labute approximate surface area is 99.0 Å². The SMILES string of the molecule is CCOC(=O)c1ccccc1OC(=O)CCO. The van der Waals surface area contributed by atoms with Gasteiger partial charge in [-0.1, -0.05) is 12.1 Å². The summed E-state index contributed by atoms with van der Waals surface area (Å²) in [5.41, 5.74) is 0.195. The zero-order chi connectivity index (χ0) is 12.7. The van der Waals surface area contributed by atoms with Gasteiger partial charge in [0.1, 0.15) is 11.3 Å². The van der Waals surface area contributed by atoms with Gasteiger partial charge in [-0.05, 0) is 19.1 Å². The summed E-state index contributed by atoms with van der Waals surface area (Å²) in [7, 11) is 0. The lowest BCUT2D eigenvalue weighted by molar-refractivity contribution is -0.135. The van der Waals surface area contributed by atoms with Gasteiger partial charge in [0.15, 0.2) is 0 Å². The second-order valence-electron chi connectivity index (χ2n) is 3.16. The summed E-state index contributed by atoms with van der Waals surface area (Å²) in [4.78, 5) is 22.8. The highest BCUT2D eigenvalue weighted by Gasteiger charge is 2.15. The highest BCUT2D eigenvalue weighted by atomic mass is 16.5. The highest BCUT2D eigenvalue weighted by Crippen LogP contribution is 2.19. The van der Waals surface area contributed by atoms with Crippen molar-refractivity contribution in [2.75, 3.05) is 13.2 Å². The van der Waals surface area contributed by atoms with Gasteiger partial charge in [0.05, 0.1) is 19.6 Å². The molecular weight excluding hydrogens is 224 g/mol. The first-order valence-electron chi connectivity index (χ1n) is 5.26. The van der Waals surface area contributed by atoms with E-state index in [0.29, 0.717) is 0 Å². The van der Waals surface area contributed by atoms with E-state index < -0.39 is 11.9 Å². The Balaban J connectivity index is 2.84. The molecule has 5 nitrogen and oxygen atoms in total. The third kappa shape index (κ3) is 3.88. The predicted octanol–water partition coefficient (Wildman–Crippen LogP) is 1.15. The maximum atomic E-state index is 11.5. The third-order valence-electron chi connectivity index (χ3n) is 1.92. The molecule has 0 spiro atoms. The fraction of sp³-hybridized carbons (Fsp3) is 0.333. The van der Waals surface area contributed by atoms with Crippen LogP contribution in [0.15, 0.2) is 24.3 Å². The van der Waals surface area contributed by atoms with Gasteiger partial charge >= 0.3 is 11.9 Å². The Bertz CT molecular complexity index is 400. The number of esters is 2. The van der Waals surface area contributed by atoms with Crippen LogP contribution in [-0.2, 0) is 9.53 Å². The number of aliphatic hydroxyl groups excluding tert-OH is 1. The van der Waals surface area contributed by atoms with Gasteiger partial charge in [0, 0.05) is 0 Å². The average Bonchev–Trinajstić information content (AvgIpc) is 2.30. The maximum absolute atomic E-state index is 11.5. The van der Waals surface area contributed by atoms with Crippen molar-refractivity contribution < 1.29 is 24.2 Å². The third-order valence-corrected chi connectivity index (χ3v) is 1.92. The summed E-state index contributed by atoms with van der Waals surface area (Å²) >= 11 is 0. The molecule has 1 aromatic rings. The normalized spacial score (nSPS) is 9.76. The summed E-state index contributed by atoms with van der Waals surface area (Å²) in [6, 6.07) is 6.31. The molecule has 92 valence electrons. The molecule has 17 heavy (non-hydrogen) atoms. The molecule has 0 heterocycles. The Morgan fingerprint density at radius 3 is 2.65 bits per heavy atom. The van der Waals surface area contributed by atoms with Crippen molar-refractivity contribution in [3.05, 3.63) is 29.8 Å². The lowest BCUT2D eigenvalue weighted by Crippen LogP contribution is -2.13. The largest absolute Gasteiger partial charge is 0.462 e. The molecule has 0 aliphatic rings. The van der Waals surface area contributed by atoms with Crippen molar-refractivity contribution in [1.82, 2.24) is 0 Å². The number of para-hydroxylation sites is 1. The molecule has 0 fully saturated rings. The first-order chi connectivity index (χ1) is 8.19. The second kappa shape index (κ2) is 6.65. The molecule has 0 bridgehead atoms. The van der Waals surface area contributed by atoms with E-state index >= 15 is 0 Å². The predicted molar refractivity (Wildman–Crippen MR) is 59.7 cm³/mol. The number of rotatable bonds is 5. The van der Waals surface area contributed by atoms with Gasteiger partial charge in [0.25, 0.3) is 0 Å². The van der Waals surface area contributed by atoms with Crippen molar-refractivity contribution in [2.45, 2.75) is 13.3 Å². The van der Waals surface area contributed by atoms with Gasteiger partial charge in [-0.15, -0.1) is 0 Å². The van der Waals surface area contributed by atoms with Crippen molar-refractivity contribution in [3.63, 3.8) is 0 Å². The van der Waals surface area contributed by atoms with E-state index in [1.807, 2.05) is 0 Å². The molecule has 0 amide bonds. The van der Waals surface area contributed by atoms with Crippen LogP contribution in [0.2, 0.25) is 0 Å². The number of aliphatic hydroxyl groups is 1. The van der Waals surface area contributed by atoms with Crippen LogP contribution >= 0.6 is 0 Å². The minimum Gasteiger partial charge on any atom is -0.462 e. The first kappa shape index (κ1) is 13.2. The van der Waals surface area contributed by atoms with Gasteiger partial charge < -0.3 is 14.6 Å². The topological polar surface area (TPSA) is 72.8 Å². The molecule has 0 aromatic heterocycles. The Morgan fingerprint density at radius 2 is 2.00 bits per heavy atom. The molecule has 0 saturated heterocycles. The van der Waals surface area contributed by atoms with E-state index in [1.165, 1.54) is 12.1 Å². The fourth-order valence-electron chi connectivity index (χ4n) is 1.20. The average molecular weight is 238 g/mol.